The number of aryl methyl sites for hydroxylation is 2. The maximum atomic E-state index is 13.9. The number of rotatable bonds is 8. The Hall–Kier alpha value is -1.85. The minimum atomic E-state index is -3.70. The molecule has 1 atom stereocenters. The van der Waals surface area contributed by atoms with Crippen LogP contribution in [0.1, 0.15) is 30.4 Å². The van der Waals surface area contributed by atoms with Gasteiger partial charge in [-0.25, -0.2) is 13.4 Å². The minimum absolute atomic E-state index is 0.181. The number of aromatic nitrogens is 1. The highest BCUT2D eigenvalue weighted by atomic mass is 32.2. The number of hydrogen-bond donors (Lipinski definition) is 0. The molecule has 1 aliphatic heterocycles. The Morgan fingerprint density at radius 3 is 2.73 bits per heavy atom. The van der Waals surface area contributed by atoms with Crippen LogP contribution < -0.4 is 4.90 Å². The van der Waals surface area contributed by atoms with Gasteiger partial charge in [-0.3, -0.25) is 9.69 Å². The zero-order valence-corrected chi connectivity index (χ0v) is 21.9. The molecular weight excluding hydrogens is 476 g/mol. The number of hydrogen-bond acceptors (Lipinski definition) is 7. The molecule has 1 saturated heterocycles. The molecule has 0 bridgehead atoms. The third-order valence-electron chi connectivity index (χ3n) is 5.85. The second kappa shape index (κ2) is 9.79. The molecule has 4 rings (SSSR count). The van der Waals surface area contributed by atoms with E-state index in [9.17, 15) is 13.2 Å². The van der Waals surface area contributed by atoms with Gasteiger partial charge in [0.25, 0.3) is 10.0 Å². The number of thiophene rings is 1. The zero-order valence-electron chi connectivity index (χ0n) is 19.4. The summed E-state index contributed by atoms with van der Waals surface area (Å²) in [6, 6.07) is 6.81. The Bertz CT molecular complexity index is 1240. The molecule has 3 aromatic rings. The van der Waals surface area contributed by atoms with Crippen molar-refractivity contribution in [1.29, 1.82) is 0 Å². The first-order chi connectivity index (χ1) is 15.7. The van der Waals surface area contributed by atoms with Crippen LogP contribution in [-0.2, 0) is 14.8 Å². The molecule has 2 aromatic heterocycles. The Morgan fingerprint density at radius 2 is 2.03 bits per heavy atom. The molecule has 1 fully saturated rings. The van der Waals surface area contributed by atoms with E-state index in [1.54, 1.807) is 22.4 Å². The van der Waals surface area contributed by atoms with E-state index in [1.807, 2.05) is 21.0 Å². The van der Waals surface area contributed by atoms with Gasteiger partial charge >= 0.3 is 0 Å². The first-order valence-electron chi connectivity index (χ1n) is 11.1. The van der Waals surface area contributed by atoms with E-state index in [0.29, 0.717) is 31.1 Å². The fourth-order valence-corrected chi connectivity index (χ4v) is 8.24. The van der Waals surface area contributed by atoms with Crippen molar-refractivity contribution in [3.63, 3.8) is 0 Å². The van der Waals surface area contributed by atoms with E-state index in [2.05, 4.69) is 24.0 Å². The van der Waals surface area contributed by atoms with Crippen molar-refractivity contribution in [2.24, 2.45) is 0 Å². The van der Waals surface area contributed by atoms with Gasteiger partial charge in [-0.1, -0.05) is 23.5 Å². The summed E-state index contributed by atoms with van der Waals surface area (Å²) < 4.78 is 29.2. The van der Waals surface area contributed by atoms with Crippen LogP contribution in [0.3, 0.4) is 0 Å². The molecule has 1 aromatic carbocycles. The number of carbonyl (C=O) groups excluding carboxylic acids is 1. The van der Waals surface area contributed by atoms with Gasteiger partial charge in [0.1, 0.15) is 10.3 Å². The third-order valence-corrected chi connectivity index (χ3v) is 10.2. The molecule has 1 amide bonds. The number of anilines is 1. The molecule has 1 unspecified atom stereocenters. The van der Waals surface area contributed by atoms with Crippen molar-refractivity contribution in [3.05, 3.63) is 40.8 Å². The van der Waals surface area contributed by atoms with Gasteiger partial charge in [0.15, 0.2) is 5.13 Å². The summed E-state index contributed by atoms with van der Waals surface area (Å²) in [7, 11) is 0.307. The van der Waals surface area contributed by atoms with E-state index in [-0.39, 0.29) is 10.1 Å². The van der Waals surface area contributed by atoms with Crippen molar-refractivity contribution in [2.45, 2.75) is 43.4 Å². The average molecular weight is 507 g/mol. The molecule has 0 spiro atoms. The summed E-state index contributed by atoms with van der Waals surface area (Å²) in [5.74, 6) is -0.181. The summed E-state index contributed by atoms with van der Waals surface area (Å²) >= 11 is 2.69. The second-order valence-corrected chi connectivity index (χ2v) is 12.9. The SMILES string of the molecule is Cc1cc(C)c2nc(N(CCCN(C)C)C(=O)C3CCCN3S(=O)(=O)c3cccs3)sc2c1. The van der Waals surface area contributed by atoms with Crippen LogP contribution in [0.25, 0.3) is 10.2 Å². The van der Waals surface area contributed by atoms with Crippen molar-refractivity contribution < 1.29 is 13.2 Å². The van der Waals surface area contributed by atoms with Gasteiger partial charge in [-0.05, 0) is 82.4 Å². The monoisotopic (exact) mass is 506 g/mol. The average Bonchev–Trinajstić information content (AvgIpc) is 3.51. The molecule has 3 heterocycles. The number of sulfonamides is 1. The maximum absolute atomic E-state index is 13.9. The van der Waals surface area contributed by atoms with E-state index in [0.717, 1.165) is 34.3 Å². The molecule has 0 N–H and O–H groups in total. The molecule has 33 heavy (non-hydrogen) atoms. The van der Waals surface area contributed by atoms with Gasteiger partial charge in [-0.15, -0.1) is 11.3 Å². The van der Waals surface area contributed by atoms with Gasteiger partial charge < -0.3 is 4.90 Å². The smallest absolute Gasteiger partial charge is 0.253 e. The lowest BCUT2D eigenvalue weighted by Crippen LogP contribution is -2.48. The van der Waals surface area contributed by atoms with Gasteiger partial charge in [0.05, 0.1) is 10.2 Å². The lowest BCUT2D eigenvalue weighted by atomic mass is 10.1. The predicted octanol–water partition coefficient (Wildman–Crippen LogP) is 4.11. The van der Waals surface area contributed by atoms with Crippen LogP contribution in [0, 0.1) is 13.8 Å². The largest absolute Gasteiger partial charge is 0.309 e. The minimum Gasteiger partial charge on any atom is -0.309 e. The molecule has 0 radical (unpaired) electrons. The maximum Gasteiger partial charge on any atom is 0.253 e. The fourth-order valence-electron chi connectivity index (χ4n) is 4.30. The lowest BCUT2D eigenvalue weighted by molar-refractivity contribution is -0.121. The number of amides is 1. The van der Waals surface area contributed by atoms with Crippen molar-refractivity contribution in [2.75, 3.05) is 38.6 Å². The topological polar surface area (TPSA) is 73.8 Å². The number of nitrogens with zero attached hydrogens (tertiary/aromatic N) is 4. The normalized spacial score (nSPS) is 17.3. The first kappa shape index (κ1) is 24.3. The standard InChI is InChI=1S/C23H30N4O3S3/c1-16-14-17(2)21-19(15-16)32-23(24-21)26(11-7-10-25(3)4)22(28)18-8-5-12-27(18)33(29,30)20-9-6-13-31-20/h6,9,13-15,18H,5,7-8,10-12H2,1-4H3. The quantitative estimate of drug-likeness (QED) is 0.460. The molecule has 7 nitrogen and oxygen atoms in total. The third kappa shape index (κ3) is 5.00. The van der Waals surface area contributed by atoms with Crippen LogP contribution in [0.2, 0.25) is 0 Å². The summed E-state index contributed by atoms with van der Waals surface area (Å²) in [6.45, 7) is 5.77. The van der Waals surface area contributed by atoms with Gasteiger partial charge in [0.2, 0.25) is 5.91 Å². The molecule has 0 aliphatic carbocycles. The van der Waals surface area contributed by atoms with Gasteiger partial charge in [-0.2, -0.15) is 4.31 Å². The highest BCUT2D eigenvalue weighted by molar-refractivity contribution is 7.91. The van der Waals surface area contributed by atoms with Crippen molar-refractivity contribution in [3.8, 4) is 0 Å². The van der Waals surface area contributed by atoms with Crippen molar-refractivity contribution in [1.82, 2.24) is 14.2 Å². The lowest BCUT2D eigenvalue weighted by Gasteiger charge is -2.28. The summed E-state index contributed by atoms with van der Waals surface area (Å²) in [4.78, 5) is 22.5. The summed E-state index contributed by atoms with van der Waals surface area (Å²) in [5, 5.41) is 2.39. The zero-order chi connectivity index (χ0) is 23.8. The van der Waals surface area contributed by atoms with E-state index < -0.39 is 16.1 Å². The number of fused-ring (bicyclic) bond motifs is 1. The second-order valence-electron chi connectivity index (χ2n) is 8.78. The predicted molar refractivity (Wildman–Crippen MR) is 136 cm³/mol. The highest BCUT2D eigenvalue weighted by Crippen LogP contribution is 2.35. The number of benzene rings is 1. The summed E-state index contributed by atoms with van der Waals surface area (Å²) in [5.41, 5.74) is 3.14. The molecule has 0 saturated carbocycles. The molecular formula is C23H30N4O3S3. The molecule has 178 valence electrons. The number of thiazole rings is 1. The highest BCUT2D eigenvalue weighted by Gasteiger charge is 2.42. The van der Waals surface area contributed by atoms with Crippen LogP contribution in [0.15, 0.2) is 33.9 Å². The Morgan fingerprint density at radius 1 is 1.24 bits per heavy atom. The van der Waals surface area contributed by atoms with E-state index in [4.69, 9.17) is 4.98 Å². The fraction of sp³-hybridized carbons (Fsp3) is 0.478. The van der Waals surface area contributed by atoms with E-state index >= 15 is 0 Å². The Labute approximate surface area is 203 Å². The van der Waals surface area contributed by atoms with Crippen LogP contribution in [0.5, 0.6) is 0 Å². The molecule has 10 heteroatoms. The van der Waals surface area contributed by atoms with Crippen molar-refractivity contribution >= 4 is 54.0 Å². The Balaban J connectivity index is 1.68. The van der Waals surface area contributed by atoms with Crippen LogP contribution in [-0.4, -0.2) is 68.3 Å². The first-order valence-corrected chi connectivity index (χ1v) is 14.2. The van der Waals surface area contributed by atoms with Crippen LogP contribution in [0.4, 0.5) is 5.13 Å². The van der Waals surface area contributed by atoms with Gasteiger partial charge in [0, 0.05) is 13.1 Å². The van der Waals surface area contributed by atoms with Crippen LogP contribution >= 0.6 is 22.7 Å². The number of carbonyl (C=O) groups is 1. The van der Waals surface area contributed by atoms with E-state index in [1.165, 1.54) is 27.0 Å². The Kier molecular flexibility index (Phi) is 7.20. The summed E-state index contributed by atoms with van der Waals surface area (Å²) in [6.07, 6.45) is 1.97. The molecule has 1 aliphatic rings.